The maximum atomic E-state index is 13.3. The molecule has 1 aromatic carbocycles. The molecule has 2 rings (SSSR count). The summed E-state index contributed by atoms with van der Waals surface area (Å²) in [6.45, 7) is 13.6. The Morgan fingerprint density at radius 2 is 0.922 bits per heavy atom. The first-order chi connectivity index (χ1) is 37.8. The van der Waals surface area contributed by atoms with Gasteiger partial charge in [0.25, 0.3) is 0 Å². The van der Waals surface area contributed by atoms with Gasteiger partial charge in [-0.15, -0.1) is 0 Å². The number of hydrogen-bond donors (Lipinski definition) is 1. The third-order valence-corrected chi connectivity index (χ3v) is 14.3. The largest absolute Gasteiger partial charge is 0.461 e. The summed E-state index contributed by atoms with van der Waals surface area (Å²) in [7, 11) is 0. The van der Waals surface area contributed by atoms with Gasteiger partial charge in [0.2, 0.25) is 0 Å². The van der Waals surface area contributed by atoms with Crippen LogP contribution in [0.15, 0.2) is 42.5 Å². The fraction of sp³-hybridized carbons (Fsp3) is 0.785. The van der Waals surface area contributed by atoms with Gasteiger partial charge in [-0.2, -0.15) is 0 Å². The highest BCUT2D eigenvalue weighted by molar-refractivity contribution is 5.70. The van der Waals surface area contributed by atoms with E-state index in [0.717, 1.165) is 122 Å². The Morgan fingerprint density at radius 1 is 0.494 bits per heavy atom. The van der Waals surface area contributed by atoms with Crippen molar-refractivity contribution in [1.82, 2.24) is 10.2 Å². The standard InChI is InChI=1S/C65H112N2O10/c1-5-9-13-17-20-21-22-23-24-25-26-27-28-30-34-40-61(68)74-54-57-51-58(55-75-62(69)42-41-60(39-33-29-16-12-8-4)77-65(71)66-45-48-67-46-35-36-47-67)53-59(52-57)56-76-63(70)43-44-64(72-49-37-31-18-14-10-6-2)73-50-38-32-19-15-11-7-3/h20-21,23-24,51-53,60,64H,5-19,22,25-50,54-56H2,1-4H3,(H,66,71)/b21-20-,24-23-. The summed E-state index contributed by atoms with van der Waals surface area (Å²) in [6.07, 6.45) is 43.9. The van der Waals surface area contributed by atoms with E-state index >= 15 is 0 Å². The summed E-state index contributed by atoms with van der Waals surface area (Å²) in [5, 5.41) is 2.91. The third kappa shape index (κ3) is 41.9. The van der Waals surface area contributed by atoms with Crippen molar-refractivity contribution in [2.45, 2.75) is 291 Å². The quantitative estimate of drug-likeness (QED) is 0.0219. The molecule has 442 valence electrons. The lowest BCUT2D eigenvalue weighted by atomic mass is 10.0. The number of alkyl carbamates (subject to hydrolysis) is 1. The number of ether oxygens (including phenoxy) is 6. The van der Waals surface area contributed by atoms with Crippen molar-refractivity contribution in [2.75, 3.05) is 39.4 Å². The van der Waals surface area contributed by atoms with Crippen LogP contribution in [0.2, 0.25) is 0 Å². The zero-order chi connectivity index (χ0) is 55.5. The molecule has 1 atom stereocenters. The Balaban J connectivity index is 2.00. The first-order valence-corrected chi connectivity index (χ1v) is 31.5. The molecule has 0 bridgehead atoms. The topological polar surface area (TPSA) is 139 Å². The molecule has 1 saturated heterocycles. The van der Waals surface area contributed by atoms with Crippen LogP contribution in [0.1, 0.15) is 276 Å². The van der Waals surface area contributed by atoms with Crippen LogP contribution in [0.25, 0.3) is 0 Å². The summed E-state index contributed by atoms with van der Waals surface area (Å²) in [5.41, 5.74) is 2.12. The predicted octanol–water partition coefficient (Wildman–Crippen LogP) is 16.8. The maximum Gasteiger partial charge on any atom is 0.407 e. The normalized spacial score (nSPS) is 13.3. The van der Waals surface area contributed by atoms with Crippen molar-refractivity contribution in [2.24, 2.45) is 0 Å². The average molecular weight is 1080 g/mol. The predicted molar refractivity (Wildman–Crippen MR) is 313 cm³/mol. The monoisotopic (exact) mass is 1080 g/mol. The molecular weight excluding hydrogens is 969 g/mol. The lowest BCUT2D eigenvalue weighted by Gasteiger charge is -2.19. The minimum atomic E-state index is -0.465. The number of likely N-dealkylation sites (tertiary alicyclic amines) is 1. The van der Waals surface area contributed by atoms with Crippen LogP contribution in [-0.2, 0) is 62.6 Å². The van der Waals surface area contributed by atoms with Gasteiger partial charge in [-0.25, -0.2) is 4.79 Å². The van der Waals surface area contributed by atoms with Crippen LogP contribution in [-0.4, -0.2) is 80.7 Å². The number of allylic oxidation sites excluding steroid dienone is 4. The van der Waals surface area contributed by atoms with Crippen molar-refractivity contribution >= 4 is 24.0 Å². The van der Waals surface area contributed by atoms with Gasteiger partial charge in [-0.1, -0.05) is 174 Å². The SMILES string of the molecule is CCCCC/C=C\C/C=C\CCCCCCCC(=O)OCc1cc(COC(=O)CCC(CCCCCCC)OC(=O)NCCN2CCCC2)cc(COC(=O)CCC(OCCCCCCCC)OCCCCCCCC)c1. The molecular formula is C65H112N2O10. The summed E-state index contributed by atoms with van der Waals surface area (Å²) in [4.78, 5) is 54.6. The highest BCUT2D eigenvalue weighted by Crippen LogP contribution is 2.20. The van der Waals surface area contributed by atoms with E-state index in [1.807, 2.05) is 18.2 Å². The van der Waals surface area contributed by atoms with Crippen molar-refractivity contribution in [3.63, 3.8) is 0 Å². The second-order valence-electron chi connectivity index (χ2n) is 21.6. The van der Waals surface area contributed by atoms with Gasteiger partial charge in [0.05, 0.1) is 6.42 Å². The fourth-order valence-electron chi connectivity index (χ4n) is 9.55. The maximum absolute atomic E-state index is 13.3. The number of nitrogens with zero attached hydrogens (tertiary/aromatic N) is 1. The number of amides is 1. The Morgan fingerprint density at radius 3 is 1.45 bits per heavy atom. The van der Waals surface area contributed by atoms with E-state index < -0.39 is 24.5 Å². The van der Waals surface area contributed by atoms with Crippen LogP contribution in [0.5, 0.6) is 0 Å². The van der Waals surface area contributed by atoms with E-state index in [0.29, 0.717) is 56.6 Å². The smallest absolute Gasteiger partial charge is 0.407 e. The first kappa shape index (κ1) is 69.4. The highest BCUT2D eigenvalue weighted by atomic mass is 16.7. The van der Waals surface area contributed by atoms with E-state index in [-0.39, 0.29) is 44.6 Å². The lowest BCUT2D eigenvalue weighted by molar-refractivity contribution is -0.160. The number of nitrogens with one attached hydrogen (secondary N) is 1. The van der Waals surface area contributed by atoms with E-state index in [2.05, 4.69) is 62.2 Å². The molecule has 1 N–H and O–H groups in total. The van der Waals surface area contributed by atoms with Crippen LogP contribution in [0, 0.1) is 0 Å². The molecule has 1 unspecified atom stereocenters. The van der Waals surface area contributed by atoms with Gasteiger partial charge >= 0.3 is 24.0 Å². The molecule has 1 aliphatic rings. The lowest BCUT2D eigenvalue weighted by Crippen LogP contribution is -2.35. The van der Waals surface area contributed by atoms with Gasteiger partial charge in [0.15, 0.2) is 6.29 Å². The number of unbranched alkanes of at least 4 members (excludes halogenated alkanes) is 22. The van der Waals surface area contributed by atoms with Crippen molar-refractivity contribution in [1.29, 1.82) is 0 Å². The summed E-state index contributed by atoms with van der Waals surface area (Å²) in [5.74, 6) is -1.01. The Kier molecular flexibility index (Phi) is 45.5. The highest BCUT2D eigenvalue weighted by Gasteiger charge is 2.19. The minimum absolute atomic E-state index is 0.00675. The molecule has 0 aromatic heterocycles. The molecule has 0 saturated carbocycles. The van der Waals surface area contributed by atoms with Crippen molar-refractivity contribution < 1.29 is 47.6 Å². The molecule has 77 heavy (non-hydrogen) atoms. The van der Waals surface area contributed by atoms with Crippen LogP contribution in [0.3, 0.4) is 0 Å². The third-order valence-electron chi connectivity index (χ3n) is 14.3. The molecule has 12 heteroatoms. The minimum Gasteiger partial charge on any atom is -0.461 e. The van der Waals surface area contributed by atoms with E-state index in [4.69, 9.17) is 28.4 Å². The van der Waals surface area contributed by atoms with Gasteiger partial charge in [-0.3, -0.25) is 14.4 Å². The molecule has 1 amide bonds. The van der Waals surface area contributed by atoms with Gasteiger partial charge < -0.3 is 38.6 Å². The summed E-state index contributed by atoms with van der Waals surface area (Å²) >= 11 is 0. The molecule has 0 radical (unpaired) electrons. The van der Waals surface area contributed by atoms with Gasteiger partial charge in [-0.05, 0) is 131 Å². The Labute approximate surface area is 469 Å². The van der Waals surface area contributed by atoms with Crippen molar-refractivity contribution in [3.05, 3.63) is 59.2 Å². The molecule has 0 aliphatic carbocycles. The van der Waals surface area contributed by atoms with Crippen LogP contribution >= 0.6 is 0 Å². The van der Waals surface area contributed by atoms with E-state index in [1.165, 1.54) is 96.3 Å². The summed E-state index contributed by atoms with van der Waals surface area (Å²) in [6, 6.07) is 5.60. The van der Waals surface area contributed by atoms with E-state index in [1.54, 1.807) is 0 Å². The van der Waals surface area contributed by atoms with E-state index in [9.17, 15) is 19.2 Å². The number of rotatable bonds is 52. The second kappa shape index (κ2) is 50.5. The molecule has 12 nitrogen and oxygen atoms in total. The molecule has 1 aliphatic heterocycles. The number of carbonyl (C=O) groups excluding carboxylic acids is 4. The number of hydrogen-bond acceptors (Lipinski definition) is 11. The molecule has 1 heterocycles. The number of benzene rings is 1. The molecule has 0 spiro atoms. The van der Waals surface area contributed by atoms with Crippen LogP contribution in [0.4, 0.5) is 4.79 Å². The Bertz CT molecular complexity index is 1640. The summed E-state index contributed by atoms with van der Waals surface area (Å²) < 4.78 is 35.6. The number of esters is 3. The van der Waals surface area contributed by atoms with Crippen LogP contribution < -0.4 is 5.32 Å². The fourth-order valence-corrected chi connectivity index (χ4v) is 9.55. The Hall–Kier alpha value is -3.74. The molecule has 1 fully saturated rings. The van der Waals surface area contributed by atoms with Gasteiger partial charge in [0.1, 0.15) is 25.9 Å². The second-order valence-corrected chi connectivity index (χ2v) is 21.6. The zero-order valence-electron chi connectivity index (χ0n) is 49.5. The van der Waals surface area contributed by atoms with Crippen molar-refractivity contribution in [3.8, 4) is 0 Å². The molecule has 1 aromatic rings. The number of carbonyl (C=O) groups is 4. The zero-order valence-corrected chi connectivity index (χ0v) is 49.5. The first-order valence-electron chi connectivity index (χ1n) is 31.5. The van der Waals surface area contributed by atoms with Gasteiger partial charge in [0, 0.05) is 45.6 Å². The average Bonchev–Trinajstić information content (AvgIpc) is 3.96.